The molecule has 1 heterocycles. The van der Waals surface area contributed by atoms with Gasteiger partial charge in [0, 0.05) is 19.1 Å². The van der Waals surface area contributed by atoms with Crippen molar-refractivity contribution in [1.82, 2.24) is 4.90 Å². The molecule has 0 aromatic rings. The molecule has 0 aromatic heterocycles. The van der Waals surface area contributed by atoms with Crippen molar-refractivity contribution >= 4 is 5.91 Å². The maximum atomic E-state index is 12.9. The minimum atomic E-state index is -0.219. The summed E-state index contributed by atoms with van der Waals surface area (Å²) in [6.07, 6.45) is 10.4. The number of carbonyl (C=O) groups excluding carboxylic acids is 1. The number of nitrogens with zero attached hydrogens (tertiary/aromatic N) is 1. The van der Waals surface area contributed by atoms with Gasteiger partial charge < -0.3 is 10.6 Å². The normalized spacial score (nSPS) is 28.1. The zero-order chi connectivity index (χ0) is 13.0. The molecule has 1 atom stereocenters. The molecule has 0 spiro atoms. The van der Waals surface area contributed by atoms with Crippen LogP contribution in [-0.2, 0) is 4.79 Å². The van der Waals surface area contributed by atoms with E-state index in [9.17, 15) is 4.79 Å². The first-order valence-corrected chi connectivity index (χ1v) is 7.74. The molecule has 18 heavy (non-hydrogen) atoms. The van der Waals surface area contributed by atoms with Gasteiger partial charge in [-0.15, -0.1) is 0 Å². The summed E-state index contributed by atoms with van der Waals surface area (Å²) in [7, 11) is 0. The van der Waals surface area contributed by atoms with Gasteiger partial charge in [-0.3, -0.25) is 4.79 Å². The van der Waals surface area contributed by atoms with Gasteiger partial charge in [-0.1, -0.05) is 26.2 Å². The average molecular weight is 252 g/mol. The number of rotatable bonds is 3. The van der Waals surface area contributed by atoms with Gasteiger partial charge in [0.25, 0.3) is 0 Å². The summed E-state index contributed by atoms with van der Waals surface area (Å²) in [6, 6.07) is 0.469. The van der Waals surface area contributed by atoms with Crippen LogP contribution in [0, 0.1) is 5.41 Å². The SMILES string of the molecule is CCC1CCCCN1C(=O)C1(CN)CCCCC1. The second-order valence-corrected chi connectivity index (χ2v) is 6.10. The van der Waals surface area contributed by atoms with E-state index in [1.165, 1.54) is 38.5 Å². The summed E-state index contributed by atoms with van der Waals surface area (Å²) in [5.74, 6) is 0.372. The highest BCUT2D eigenvalue weighted by Gasteiger charge is 2.42. The minimum absolute atomic E-state index is 0.219. The Morgan fingerprint density at radius 3 is 2.56 bits per heavy atom. The third-order valence-electron chi connectivity index (χ3n) is 5.01. The van der Waals surface area contributed by atoms with Crippen LogP contribution in [0.1, 0.15) is 64.7 Å². The van der Waals surface area contributed by atoms with E-state index in [1.807, 2.05) is 0 Å². The second kappa shape index (κ2) is 6.05. The average Bonchev–Trinajstić information content (AvgIpc) is 2.47. The Labute approximate surface area is 111 Å². The highest BCUT2D eigenvalue weighted by Crippen LogP contribution is 2.38. The number of hydrogen-bond donors (Lipinski definition) is 1. The molecule has 3 heteroatoms. The molecular weight excluding hydrogens is 224 g/mol. The quantitative estimate of drug-likeness (QED) is 0.839. The standard InChI is InChI=1S/C15H28N2O/c1-2-13-8-4-7-11-17(13)14(18)15(12-16)9-5-3-6-10-15/h13H,2-12,16H2,1H3. The van der Waals surface area contributed by atoms with Gasteiger partial charge >= 0.3 is 0 Å². The highest BCUT2D eigenvalue weighted by atomic mass is 16.2. The molecule has 2 rings (SSSR count). The topological polar surface area (TPSA) is 46.3 Å². The van der Waals surface area contributed by atoms with Gasteiger partial charge in [0.15, 0.2) is 0 Å². The first-order valence-electron chi connectivity index (χ1n) is 7.74. The van der Waals surface area contributed by atoms with Crippen molar-refractivity contribution in [2.45, 2.75) is 70.8 Å². The van der Waals surface area contributed by atoms with E-state index in [0.717, 1.165) is 25.8 Å². The molecule has 3 nitrogen and oxygen atoms in total. The number of hydrogen-bond acceptors (Lipinski definition) is 2. The second-order valence-electron chi connectivity index (χ2n) is 6.10. The molecule has 1 unspecified atom stereocenters. The Morgan fingerprint density at radius 1 is 1.22 bits per heavy atom. The maximum absolute atomic E-state index is 12.9. The van der Waals surface area contributed by atoms with Crippen LogP contribution in [0.25, 0.3) is 0 Å². The van der Waals surface area contributed by atoms with Gasteiger partial charge in [0.2, 0.25) is 5.91 Å². The molecule has 2 fully saturated rings. The lowest BCUT2D eigenvalue weighted by molar-refractivity contribution is -0.147. The summed E-state index contributed by atoms with van der Waals surface area (Å²) in [4.78, 5) is 15.1. The maximum Gasteiger partial charge on any atom is 0.230 e. The lowest BCUT2D eigenvalue weighted by Crippen LogP contribution is -2.53. The molecule has 0 bridgehead atoms. The molecule has 2 N–H and O–H groups in total. The zero-order valence-corrected chi connectivity index (χ0v) is 11.8. The third-order valence-corrected chi connectivity index (χ3v) is 5.01. The molecule has 1 aliphatic heterocycles. The van der Waals surface area contributed by atoms with Crippen LogP contribution >= 0.6 is 0 Å². The van der Waals surface area contributed by atoms with Crippen LogP contribution in [0.3, 0.4) is 0 Å². The largest absolute Gasteiger partial charge is 0.339 e. The number of piperidine rings is 1. The summed E-state index contributed by atoms with van der Waals surface area (Å²) in [5.41, 5.74) is 5.77. The van der Waals surface area contributed by atoms with E-state index in [0.29, 0.717) is 18.5 Å². The first-order chi connectivity index (χ1) is 8.73. The van der Waals surface area contributed by atoms with E-state index in [1.54, 1.807) is 0 Å². The Morgan fingerprint density at radius 2 is 1.94 bits per heavy atom. The molecule has 2 aliphatic rings. The molecule has 0 radical (unpaired) electrons. The fourth-order valence-corrected chi connectivity index (χ4v) is 3.73. The van der Waals surface area contributed by atoms with Crippen molar-refractivity contribution in [1.29, 1.82) is 0 Å². The van der Waals surface area contributed by atoms with Crippen LogP contribution in [0.4, 0.5) is 0 Å². The molecule has 1 saturated carbocycles. The lowest BCUT2D eigenvalue weighted by Gasteiger charge is -2.44. The molecular formula is C15H28N2O. The number of amides is 1. The highest BCUT2D eigenvalue weighted by molar-refractivity contribution is 5.83. The number of likely N-dealkylation sites (tertiary alicyclic amines) is 1. The van der Waals surface area contributed by atoms with Crippen LogP contribution in [-0.4, -0.2) is 29.9 Å². The van der Waals surface area contributed by atoms with Crippen LogP contribution in [0.2, 0.25) is 0 Å². The van der Waals surface area contributed by atoms with Crippen molar-refractivity contribution in [3.05, 3.63) is 0 Å². The smallest absolute Gasteiger partial charge is 0.230 e. The Bertz CT molecular complexity index is 284. The van der Waals surface area contributed by atoms with Crippen molar-refractivity contribution < 1.29 is 4.79 Å². The fourth-order valence-electron chi connectivity index (χ4n) is 3.73. The van der Waals surface area contributed by atoms with Gasteiger partial charge in [0.05, 0.1) is 5.41 Å². The predicted molar refractivity (Wildman–Crippen MR) is 74.2 cm³/mol. The van der Waals surface area contributed by atoms with Gasteiger partial charge in [-0.25, -0.2) is 0 Å². The van der Waals surface area contributed by atoms with Crippen LogP contribution in [0.15, 0.2) is 0 Å². The van der Waals surface area contributed by atoms with Gasteiger partial charge in [0.1, 0.15) is 0 Å². The molecule has 1 saturated heterocycles. The van der Waals surface area contributed by atoms with Crippen molar-refractivity contribution in [3.8, 4) is 0 Å². The zero-order valence-electron chi connectivity index (χ0n) is 11.8. The van der Waals surface area contributed by atoms with Crippen molar-refractivity contribution in [3.63, 3.8) is 0 Å². The van der Waals surface area contributed by atoms with E-state index < -0.39 is 0 Å². The Hall–Kier alpha value is -0.570. The fraction of sp³-hybridized carbons (Fsp3) is 0.933. The van der Waals surface area contributed by atoms with Gasteiger partial charge in [-0.05, 0) is 38.5 Å². The lowest BCUT2D eigenvalue weighted by atomic mass is 9.72. The summed E-state index contributed by atoms with van der Waals surface area (Å²) in [5, 5.41) is 0. The van der Waals surface area contributed by atoms with Crippen molar-refractivity contribution in [2.75, 3.05) is 13.1 Å². The third kappa shape index (κ3) is 2.56. The summed E-state index contributed by atoms with van der Waals surface area (Å²) < 4.78 is 0. The monoisotopic (exact) mass is 252 g/mol. The minimum Gasteiger partial charge on any atom is -0.339 e. The Kier molecular flexibility index (Phi) is 4.66. The van der Waals surface area contributed by atoms with E-state index in [4.69, 9.17) is 5.73 Å². The number of carbonyl (C=O) groups is 1. The molecule has 104 valence electrons. The van der Waals surface area contributed by atoms with Crippen molar-refractivity contribution in [2.24, 2.45) is 11.1 Å². The van der Waals surface area contributed by atoms with E-state index >= 15 is 0 Å². The van der Waals surface area contributed by atoms with Crippen LogP contribution in [0.5, 0.6) is 0 Å². The van der Waals surface area contributed by atoms with E-state index in [-0.39, 0.29) is 5.41 Å². The molecule has 1 aliphatic carbocycles. The van der Waals surface area contributed by atoms with Gasteiger partial charge in [-0.2, -0.15) is 0 Å². The summed E-state index contributed by atoms with van der Waals surface area (Å²) in [6.45, 7) is 3.70. The molecule has 1 amide bonds. The Balaban J connectivity index is 2.11. The number of nitrogens with two attached hydrogens (primary N) is 1. The predicted octanol–water partition coefficient (Wildman–Crippen LogP) is 2.69. The van der Waals surface area contributed by atoms with E-state index in [2.05, 4.69) is 11.8 Å². The van der Waals surface area contributed by atoms with Crippen LogP contribution < -0.4 is 5.73 Å². The molecule has 0 aromatic carbocycles. The first kappa shape index (κ1) is 13.9. The summed E-state index contributed by atoms with van der Waals surface area (Å²) >= 11 is 0.